The molecular formula is C11H17NO3. The van der Waals surface area contributed by atoms with Gasteiger partial charge in [-0.2, -0.15) is 0 Å². The highest BCUT2D eigenvalue weighted by atomic mass is 16.6. The molecule has 0 amide bonds. The predicted octanol–water partition coefficient (Wildman–Crippen LogP) is 1.46. The van der Waals surface area contributed by atoms with Crippen LogP contribution in [0.2, 0.25) is 0 Å². The van der Waals surface area contributed by atoms with Crippen LogP contribution in [0.5, 0.6) is 0 Å². The van der Waals surface area contributed by atoms with E-state index in [1.807, 2.05) is 6.92 Å². The third-order valence-electron chi connectivity index (χ3n) is 2.20. The lowest BCUT2D eigenvalue weighted by Crippen LogP contribution is -2.26. The van der Waals surface area contributed by atoms with Gasteiger partial charge in [0.1, 0.15) is 12.8 Å². The van der Waals surface area contributed by atoms with Crippen LogP contribution in [-0.2, 0) is 14.4 Å². The third kappa shape index (κ3) is 4.03. The fourth-order valence-electron chi connectivity index (χ4n) is 1.07. The number of nitrogens with zero attached hydrogens (tertiary/aromatic N) is 1. The largest absolute Gasteiger partial charge is 0.469 e. The van der Waals surface area contributed by atoms with Crippen LogP contribution in [0.15, 0.2) is 5.16 Å². The molecule has 0 aliphatic heterocycles. The smallest absolute Gasteiger partial charge is 0.309 e. The molecule has 84 valence electrons. The lowest BCUT2D eigenvalue weighted by atomic mass is 9.91. The zero-order valence-electron chi connectivity index (χ0n) is 9.83. The first kappa shape index (κ1) is 13.5. The van der Waals surface area contributed by atoms with E-state index >= 15 is 0 Å². The highest BCUT2D eigenvalue weighted by Crippen LogP contribution is 2.14. The van der Waals surface area contributed by atoms with Gasteiger partial charge in [-0.15, -0.1) is 0 Å². The van der Waals surface area contributed by atoms with Crippen molar-refractivity contribution in [1.29, 1.82) is 0 Å². The summed E-state index contributed by atoms with van der Waals surface area (Å²) in [7, 11) is 2.82. The van der Waals surface area contributed by atoms with E-state index in [1.165, 1.54) is 14.2 Å². The quantitative estimate of drug-likeness (QED) is 0.306. The maximum absolute atomic E-state index is 11.3. The number of methoxy groups -OCH3 is 1. The number of hydrogen-bond donors (Lipinski definition) is 0. The summed E-state index contributed by atoms with van der Waals surface area (Å²) in [5, 5.41) is 3.79. The van der Waals surface area contributed by atoms with Crippen LogP contribution < -0.4 is 0 Å². The molecule has 0 bridgehead atoms. The van der Waals surface area contributed by atoms with Crippen LogP contribution in [0.25, 0.3) is 0 Å². The Morgan fingerprint density at radius 2 is 1.87 bits per heavy atom. The molecule has 0 saturated carbocycles. The Hall–Kier alpha value is -1.50. The number of ether oxygens (including phenoxy) is 1. The van der Waals surface area contributed by atoms with Crippen molar-refractivity contribution in [3.05, 3.63) is 0 Å². The van der Waals surface area contributed by atoms with Gasteiger partial charge in [0.25, 0.3) is 0 Å². The van der Waals surface area contributed by atoms with E-state index < -0.39 is 0 Å². The van der Waals surface area contributed by atoms with Gasteiger partial charge in [0.05, 0.1) is 13.0 Å². The average Bonchev–Trinajstić information content (AvgIpc) is 2.25. The second-order valence-electron chi connectivity index (χ2n) is 3.13. The fourth-order valence-corrected chi connectivity index (χ4v) is 1.07. The molecule has 0 saturated heterocycles. The Labute approximate surface area is 90.6 Å². The number of rotatable bonds is 4. The van der Waals surface area contributed by atoms with Crippen molar-refractivity contribution in [2.24, 2.45) is 17.0 Å². The molecule has 0 aliphatic carbocycles. The molecule has 0 heterocycles. The molecule has 4 heteroatoms. The van der Waals surface area contributed by atoms with E-state index in [4.69, 9.17) is 0 Å². The molecule has 0 aromatic heterocycles. The molecule has 0 aliphatic rings. The first-order chi connectivity index (χ1) is 7.08. The zero-order chi connectivity index (χ0) is 11.8. The molecule has 2 atom stereocenters. The van der Waals surface area contributed by atoms with Crippen LogP contribution in [0.1, 0.15) is 20.8 Å². The Kier molecular flexibility index (Phi) is 6.19. The minimum Gasteiger partial charge on any atom is -0.469 e. The van der Waals surface area contributed by atoms with Crippen LogP contribution >= 0.6 is 0 Å². The summed E-state index contributed by atoms with van der Waals surface area (Å²) in [5.41, 5.74) is 0.554. The van der Waals surface area contributed by atoms with Gasteiger partial charge in [-0.1, -0.05) is 24.9 Å². The molecule has 0 fully saturated rings. The molecule has 0 aromatic carbocycles. The first-order valence-corrected chi connectivity index (χ1v) is 4.70. The van der Waals surface area contributed by atoms with Crippen molar-refractivity contribution in [3.63, 3.8) is 0 Å². The van der Waals surface area contributed by atoms with E-state index in [2.05, 4.69) is 26.6 Å². The molecule has 0 aromatic rings. The number of carbonyl (C=O) groups is 1. The summed E-state index contributed by atoms with van der Waals surface area (Å²) in [6.07, 6.45) is 0. The van der Waals surface area contributed by atoms with E-state index in [0.29, 0.717) is 5.71 Å². The minimum absolute atomic E-state index is 0.121. The van der Waals surface area contributed by atoms with Crippen LogP contribution in [0, 0.1) is 23.7 Å². The van der Waals surface area contributed by atoms with Crippen LogP contribution in [-0.4, -0.2) is 25.9 Å². The van der Waals surface area contributed by atoms with Crippen LogP contribution in [0.3, 0.4) is 0 Å². The highest BCUT2D eigenvalue weighted by Gasteiger charge is 2.24. The highest BCUT2D eigenvalue weighted by molar-refractivity contribution is 6.03. The number of esters is 1. The SMILES string of the molecule is CC#C/C(=N\OC)C(C)C(C)C(=O)OC. The summed E-state index contributed by atoms with van der Waals surface area (Å²) < 4.78 is 4.66. The van der Waals surface area contributed by atoms with Crippen molar-refractivity contribution >= 4 is 11.7 Å². The van der Waals surface area contributed by atoms with Gasteiger partial charge >= 0.3 is 5.97 Å². The Bertz CT molecular complexity index is 299. The predicted molar refractivity (Wildman–Crippen MR) is 58.2 cm³/mol. The van der Waals surface area contributed by atoms with Crippen molar-refractivity contribution in [1.82, 2.24) is 0 Å². The first-order valence-electron chi connectivity index (χ1n) is 4.70. The van der Waals surface area contributed by atoms with Gasteiger partial charge in [-0.25, -0.2) is 0 Å². The van der Waals surface area contributed by atoms with E-state index in [-0.39, 0.29) is 17.8 Å². The van der Waals surface area contributed by atoms with Gasteiger partial charge in [-0.05, 0) is 12.8 Å². The van der Waals surface area contributed by atoms with Gasteiger partial charge in [0.2, 0.25) is 0 Å². The summed E-state index contributed by atoms with van der Waals surface area (Å²) in [4.78, 5) is 16.0. The maximum atomic E-state index is 11.3. The molecular weight excluding hydrogens is 194 g/mol. The molecule has 0 rings (SSSR count). The van der Waals surface area contributed by atoms with E-state index in [0.717, 1.165) is 0 Å². The number of hydrogen-bond acceptors (Lipinski definition) is 4. The summed E-state index contributed by atoms with van der Waals surface area (Å²) >= 11 is 0. The van der Waals surface area contributed by atoms with E-state index in [9.17, 15) is 4.79 Å². The lowest BCUT2D eigenvalue weighted by Gasteiger charge is -2.15. The van der Waals surface area contributed by atoms with Gasteiger partial charge < -0.3 is 9.57 Å². The standard InChI is InChI=1S/C11H17NO3/c1-6-7-10(12-15-5)8(2)9(3)11(13)14-4/h8-9H,1-5H3/b12-10+. The Morgan fingerprint density at radius 1 is 1.27 bits per heavy atom. The summed E-state index contributed by atoms with van der Waals surface area (Å²) in [6, 6.07) is 0. The van der Waals surface area contributed by atoms with E-state index in [1.54, 1.807) is 13.8 Å². The van der Waals surface area contributed by atoms with Gasteiger partial charge in [0.15, 0.2) is 0 Å². The van der Waals surface area contributed by atoms with Crippen molar-refractivity contribution in [2.45, 2.75) is 20.8 Å². The minimum atomic E-state index is -0.287. The van der Waals surface area contributed by atoms with Crippen molar-refractivity contribution in [3.8, 4) is 11.8 Å². The molecule has 0 spiro atoms. The van der Waals surface area contributed by atoms with Crippen LogP contribution in [0.4, 0.5) is 0 Å². The van der Waals surface area contributed by atoms with Gasteiger partial charge in [-0.3, -0.25) is 4.79 Å². The fraction of sp³-hybridized carbons (Fsp3) is 0.636. The number of oxime groups is 1. The van der Waals surface area contributed by atoms with Crippen molar-refractivity contribution < 1.29 is 14.4 Å². The summed E-state index contributed by atoms with van der Waals surface area (Å²) in [6.45, 7) is 5.35. The van der Waals surface area contributed by atoms with Gasteiger partial charge in [0, 0.05) is 5.92 Å². The second-order valence-corrected chi connectivity index (χ2v) is 3.13. The Morgan fingerprint density at radius 3 is 2.27 bits per heavy atom. The molecule has 2 unspecified atom stereocenters. The number of carbonyl (C=O) groups excluding carboxylic acids is 1. The summed E-state index contributed by atoms with van der Waals surface area (Å²) in [5.74, 6) is 4.86. The molecule has 15 heavy (non-hydrogen) atoms. The second kappa shape index (κ2) is 6.88. The lowest BCUT2D eigenvalue weighted by molar-refractivity contribution is -0.145. The Balaban J connectivity index is 4.76. The zero-order valence-corrected chi connectivity index (χ0v) is 9.83. The molecule has 4 nitrogen and oxygen atoms in total. The van der Waals surface area contributed by atoms with Crippen molar-refractivity contribution in [2.75, 3.05) is 14.2 Å². The maximum Gasteiger partial charge on any atom is 0.309 e. The monoisotopic (exact) mass is 211 g/mol. The molecule has 0 N–H and O–H groups in total. The average molecular weight is 211 g/mol. The topological polar surface area (TPSA) is 47.9 Å². The molecule has 0 radical (unpaired) electrons. The normalized spacial score (nSPS) is 14.6. The third-order valence-corrected chi connectivity index (χ3v) is 2.20.